The number of carbonyl (C=O) groups excluding carboxylic acids is 1. The lowest BCUT2D eigenvalue weighted by atomic mass is 9.88. The van der Waals surface area contributed by atoms with Gasteiger partial charge in [0.25, 0.3) is 0 Å². The Morgan fingerprint density at radius 1 is 1.05 bits per heavy atom. The van der Waals surface area contributed by atoms with E-state index in [-0.39, 0.29) is 13.0 Å². The first-order chi connectivity index (χ1) is 9.34. The van der Waals surface area contributed by atoms with Gasteiger partial charge in [-0.1, -0.05) is 52.4 Å². The Balaban J connectivity index is 4.29. The van der Waals surface area contributed by atoms with Crippen molar-refractivity contribution in [2.45, 2.75) is 71.9 Å². The van der Waals surface area contributed by atoms with Crippen LogP contribution in [0, 0.1) is 11.8 Å². The highest BCUT2D eigenvalue weighted by Crippen LogP contribution is 2.35. The quantitative estimate of drug-likeness (QED) is 0.413. The van der Waals surface area contributed by atoms with E-state index < -0.39 is 24.0 Å². The van der Waals surface area contributed by atoms with Gasteiger partial charge < -0.3 is 4.74 Å². The van der Waals surface area contributed by atoms with Crippen molar-refractivity contribution in [1.29, 1.82) is 0 Å². The summed E-state index contributed by atoms with van der Waals surface area (Å²) in [4.78, 5) is 11.7. The van der Waals surface area contributed by atoms with Gasteiger partial charge in [-0.05, 0) is 13.3 Å². The van der Waals surface area contributed by atoms with Crippen molar-refractivity contribution in [3.05, 3.63) is 0 Å². The van der Waals surface area contributed by atoms with Crippen LogP contribution < -0.4 is 0 Å². The molecule has 0 aromatic carbocycles. The lowest BCUT2D eigenvalue weighted by Gasteiger charge is -2.24. The van der Waals surface area contributed by atoms with Crippen LogP contribution in [0.2, 0.25) is 0 Å². The molecule has 0 aromatic rings. The monoisotopic (exact) mass is 296 g/mol. The van der Waals surface area contributed by atoms with Gasteiger partial charge in [0.2, 0.25) is 0 Å². The average molecular weight is 296 g/mol. The van der Waals surface area contributed by atoms with E-state index in [1.807, 2.05) is 0 Å². The van der Waals surface area contributed by atoms with Crippen LogP contribution in [0.3, 0.4) is 0 Å². The van der Waals surface area contributed by atoms with Crippen LogP contribution in [0.1, 0.15) is 65.7 Å². The Morgan fingerprint density at radius 2 is 1.60 bits per heavy atom. The van der Waals surface area contributed by atoms with E-state index in [2.05, 4.69) is 6.92 Å². The Bertz CT molecular complexity index is 264. The number of unbranched alkanes of at least 4 members (excludes halogenated alkanes) is 5. The minimum atomic E-state index is -4.35. The molecule has 0 aliphatic carbocycles. The average Bonchev–Trinajstić information content (AvgIpc) is 2.36. The number of carbonyl (C=O) groups is 1. The zero-order valence-corrected chi connectivity index (χ0v) is 12.8. The lowest BCUT2D eigenvalue weighted by molar-refractivity contribution is -0.194. The summed E-state index contributed by atoms with van der Waals surface area (Å²) in [6, 6.07) is 0. The summed E-state index contributed by atoms with van der Waals surface area (Å²) in [5, 5.41) is 0. The molecule has 0 fully saturated rings. The Morgan fingerprint density at radius 3 is 2.10 bits per heavy atom. The van der Waals surface area contributed by atoms with Crippen LogP contribution >= 0.6 is 0 Å². The van der Waals surface area contributed by atoms with E-state index in [0.717, 1.165) is 39.0 Å². The van der Waals surface area contributed by atoms with E-state index >= 15 is 0 Å². The lowest BCUT2D eigenvalue weighted by Crippen LogP contribution is -2.34. The van der Waals surface area contributed by atoms with Crippen molar-refractivity contribution in [3.8, 4) is 0 Å². The molecule has 0 aromatic heterocycles. The zero-order chi connectivity index (χ0) is 15.6. The molecule has 0 saturated heterocycles. The molecule has 20 heavy (non-hydrogen) atoms. The molecule has 120 valence electrons. The summed E-state index contributed by atoms with van der Waals surface area (Å²) in [6.07, 6.45) is 1.84. The predicted octanol–water partition coefficient (Wildman–Crippen LogP) is 5.11. The van der Waals surface area contributed by atoms with Crippen LogP contribution in [-0.2, 0) is 9.53 Å². The van der Waals surface area contributed by atoms with Crippen molar-refractivity contribution < 1.29 is 22.7 Å². The third kappa shape index (κ3) is 7.75. The second-order valence-corrected chi connectivity index (χ2v) is 5.25. The van der Waals surface area contributed by atoms with Crippen molar-refractivity contribution in [2.75, 3.05) is 6.61 Å². The molecular weight excluding hydrogens is 269 g/mol. The van der Waals surface area contributed by atoms with Gasteiger partial charge >= 0.3 is 12.1 Å². The molecule has 0 N–H and O–H groups in total. The molecule has 0 heterocycles. The van der Waals surface area contributed by atoms with Gasteiger partial charge in [0.05, 0.1) is 18.4 Å². The molecular formula is C15H27F3O2. The molecule has 0 aliphatic heterocycles. The Labute approximate surface area is 120 Å². The molecule has 0 rings (SSSR count). The summed E-state index contributed by atoms with van der Waals surface area (Å²) in [6.45, 7) is 4.91. The van der Waals surface area contributed by atoms with Gasteiger partial charge in [0, 0.05) is 0 Å². The van der Waals surface area contributed by atoms with Gasteiger partial charge in [-0.25, -0.2) is 0 Å². The number of rotatable bonds is 10. The maximum Gasteiger partial charge on any atom is 0.392 e. The van der Waals surface area contributed by atoms with Crippen molar-refractivity contribution in [2.24, 2.45) is 11.8 Å². The predicted molar refractivity (Wildman–Crippen MR) is 73.3 cm³/mol. The van der Waals surface area contributed by atoms with Crippen LogP contribution in [0.5, 0.6) is 0 Å². The summed E-state index contributed by atoms with van der Waals surface area (Å²) in [5.74, 6) is -3.43. The number of esters is 1. The first-order valence-electron chi connectivity index (χ1n) is 7.57. The first-order valence-corrected chi connectivity index (χ1v) is 7.57. The largest absolute Gasteiger partial charge is 0.466 e. The summed E-state index contributed by atoms with van der Waals surface area (Å²) in [5.41, 5.74) is 0. The number of alkyl halides is 3. The molecule has 2 atom stereocenters. The molecule has 0 saturated carbocycles. The van der Waals surface area contributed by atoms with E-state index in [1.165, 1.54) is 0 Å². The van der Waals surface area contributed by atoms with E-state index in [9.17, 15) is 18.0 Å². The van der Waals surface area contributed by atoms with E-state index in [1.54, 1.807) is 6.92 Å². The highest BCUT2D eigenvalue weighted by atomic mass is 19.4. The van der Waals surface area contributed by atoms with Gasteiger partial charge in [-0.15, -0.1) is 0 Å². The minimum Gasteiger partial charge on any atom is -0.466 e. The van der Waals surface area contributed by atoms with Gasteiger partial charge in [0.15, 0.2) is 0 Å². The van der Waals surface area contributed by atoms with E-state index in [0.29, 0.717) is 6.42 Å². The molecule has 0 spiro atoms. The normalized spacial score (nSPS) is 14.9. The van der Waals surface area contributed by atoms with Gasteiger partial charge in [-0.3, -0.25) is 4.79 Å². The number of hydrogen-bond donors (Lipinski definition) is 0. The second kappa shape index (κ2) is 10.1. The summed E-state index contributed by atoms with van der Waals surface area (Å²) in [7, 11) is 0. The van der Waals surface area contributed by atoms with Crippen molar-refractivity contribution in [1.82, 2.24) is 0 Å². The first kappa shape index (κ1) is 19.3. The molecule has 2 nitrogen and oxygen atoms in total. The molecule has 0 amide bonds. The van der Waals surface area contributed by atoms with Crippen LogP contribution in [0.4, 0.5) is 13.2 Å². The highest BCUT2D eigenvalue weighted by Gasteiger charge is 2.44. The fourth-order valence-electron chi connectivity index (χ4n) is 2.19. The minimum absolute atomic E-state index is 0.121. The Kier molecular flexibility index (Phi) is 9.68. The van der Waals surface area contributed by atoms with Gasteiger partial charge in [0.1, 0.15) is 0 Å². The van der Waals surface area contributed by atoms with Crippen LogP contribution in [0.25, 0.3) is 0 Å². The fraction of sp³-hybridized carbons (Fsp3) is 0.933. The molecule has 0 bridgehead atoms. The standard InChI is InChI=1S/C15H27F3O2/c1-4-6-7-8-9-10-11-13(14(19)20-5-2)12(3)15(16,17)18/h12-13H,4-11H2,1-3H3. The van der Waals surface area contributed by atoms with E-state index in [4.69, 9.17) is 4.74 Å². The highest BCUT2D eigenvalue weighted by molar-refractivity contribution is 5.72. The van der Waals surface area contributed by atoms with Crippen LogP contribution in [-0.4, -0.2) is 18.8 Å². The number of halogens is 3. The third-order valence-corrected chi connectivity index (χ3v) is 3.58. The molecule has 2 unspecified atom stereocenters. The Hall–Kier alpha value is -0.740. The maximum absolute atomic E-state index is 12.8. The molecule has 5 heteroatoms. The van der Waals surface area contributed by atoms with Crippen LogP contribution in [0.15, 0.2) is 0 Å². The number of ether oxygens (including phenoxy) is 1. The van der Waals surface area contributed by atoms with Gasteiger partial charge in [-0.2, -0.15) is 13.2 Å². The zero-order valence-electron chi connectivity index (χ0n) is 12.8. The molecule has 0 aliphatic rings. The molecule has 0 radical (unpaired) electrons. The summed E-state index contributed by atoms with van der Waals surface area (Å²) >= 11 is 0. The SMILES string of the molecule is CCCCCCCCC(C(=O)OCC)C(C)C(F)(F)F. The summed E-state index contributed by atoms with van der Waals surface area (Å²) < 4.78 is 43.1. The third-order valence-electron chi connectivity index (χ3n) is 3.58. The topological polar surface area (TPSA) is 26.3 Å². The smallest absolute Gasteiger partial charge is 0.392 e. The van der Waals surface area contributed by atoms with Crippen molar-refractivity contribution >= 4 is 5.97 Å². The fourth-order valence-corrected chi connectivity index (χ4v) is 2.19. The number of hydrogen-bond acceptors (Lipinski definition) is 2. The van der Waals surface area contributed by atoms with Crippen molar-refractivity contribution in [3.63, 3.8) is 0 Å². The second-order valence-electron chi connectivity index (χ2n) is 5.25. The maximum atomic E-state index is 12.8.